The Morgan fingerprint density at radius 2 is 1.34 bits per heavy atom. The summed E-state index contributed by atoms with van der Waals surface area (Å²) in [6.45, 7) is 15.2. The van der Waals surface area contributed by atoms with Gasteiger partial charge in [0.15, 0.2) is 0 Å². The number of rotatable bonds is 7. The Hall–Kier alpha value is -3.34. The predicted octanol–water partition coefficient (Wildman–Crippen LogP) is 7.11. The third kappa shape index (κ3) is 4.64. The van der Waals surface area contributed by atoms with Crippen molar-refractivity contribution in [2.24, 2.45) is 0 Å². The summed E-state index contributed by atoms with van der Waals surface area (Å²) in [6.07, 6.45) is 2.31. The van der Waals surface area contributed by atoms with E-state index in [4.69, 9.17) is 0 Å². The molecule has 2 N–H and O–H groups in total. The minimum Gasteiger partial charge on any atom is -0.507 e. The van der Waals surface area contributed by atoms with Crippen molar-refractivity contribution < 1.29 is 10.2 Å². The maximum Gasteiger partial charge on any atom is 0.146 e. The fourth-order valence-electron chi connectivity index (χ4n) is 4.42. The average Bonchev–Trinajstić information content (AvgIpc) is 3.26. The van der Waals surface area contributed by atoms with Crippen LogP contribution in [0.15, 0.2) is 48.5 Å². The van der Waals surface area contributed by atoms with Crippen LogP contribution in [0.25, 0.3) is 16.7 Å². The molecule has 0 saturated heterocycles. The first kappa shape index (κ1) is 24.8. The monoisotopic (exact) mass is 471 g/mol. The molecule has 0 fully saturated rings. The van der Waals surface area contributed by atoms with Crippen LogP contribution in [-0.4, -0.2) is 25.2 Å². The van der Waals surface area contributed by atoms with E-state index in [-0.39, 0.29) is 16.6 Å². The van der Waals surface area contributed by atoms with Gasteiger partial charge in [0.25, 0.3) is 0 Å². The molecule has 4 aromatic rings. The summed E-state index contributed by atoms with van der Waals surface area (Å²) >= 11 is 0. The van der Waals surface area contributed by atoms with Gasteiger partial charge in [-0.2, -0.15) is 0 Å². The lowest BCUT2D eigenvalue weighted by Gasteiger charge is -2.31. The van der Waals surface area contributed by atoms with Crippen molar-refractivity contribution in [3.63, 3.8) is 0 Å². The Kier molecular flexibility index (Phi) is 6.39. The molecule has 0 saturated carbocycles. The normalized spacial score (nSPS) is 12.4. The number of fused-ring (bicyclic) bond motifs is 1. The maximum atomic E-state index is 11.4. The van der Waals surface area contributed by atoms with Gasteiger partial charge in [-0.3, -0.25) is 0 Å². The van der Waals surface area contributed by atoms with Gasteiger partial charge in [0.1, 0.15) is 28.2 Å². The molecular weight excluding hydrogens is 434 g/mol. The zero-order valence-electron chi connectivity index (χ0n) is 22.0. The second-order valence-electron chi connectivity index (χ2n) is 11.0. The smallest absolute Gasteiger partial charge is 0.146 e. The van der Waals surface area contributed by atoms with Crippen LogP contribution < -0.4 is 0 Å². The molecule has 1 heterocycles. The summed E-state index contributed by atoms with van der Waals surface area (Å²) in [5.41, 5.74) is 6.61. The summed E-state index contributed by atoms with van der Waals surface area (Å²) in [5.74, 6) is 0.449. The molecule has 0 aliphatic carbocycles. The lowest BCUT2D eigenvalue weighted by Crippen LogP contribution is -2.21. The summed E-state index contributed by atoms with van der Waals surface area (Å²) in [6, 6.07) is 15.8. The second kappa shape index (κ2) is 9.03. The van der Waals surface area contributed by atoms with Crippen LogP contribution in [0.5, 0.6) is 11.5 Å². The van der Waals surface area contributed by atoms with E-state index in [2.05, 4.69) is 63.9 Å². The number of benzene rings is 3. The fraction of sp³-hybridized carbons (Fsp3) is 0.400. The minimum absolute atomic E-state index is 0.0279. The number of aromatic nitrogens is 3. The Morgan fingerprint density at radius 3 is 1.91 bits per heavy atom. The predicted molar refractivity (Wildman–Crippen MR) is 143 cm³/mol. The second-order valence-corrected chi connectivity index (χ2v) is 11.0. The van der Waals surface area contributed by atoms with Gasteiger partial charge in [0.2, 0.25) is 0 Å². The van der Waals surface area contributed by atoms with Crippen LogP contribution in [0.4, 0.5) is 0 Å². The lowest BCUT2D eigenvalue weighted by molar-refractivity contribution is 0.419. The molecule has 0 atom stereocenters. The van der Waals surface area contributed by atoms with Crippen molar-refractivity contribution in [3.8, 4) is 17.2 Å². The van der Waals surface area contributed by atoms with E-state index in [0.717, 1.165) is 46.1 Å². The molecule has 0 unspecified atom stereocenters. The molecule has 0 aliphatic rings. The van der Waals surface area contributed by atoms with E-state index in [0.29, 0.717) is 17.9 Å². The third-order valence-corrected chi connectivity index (χ3v) is 7.66. The van der Waals surface area contributed by atoms with Crippen LogP contribution in [0, 0.1) is 6.92 Å². The standard InChI is InChI=1S/C30H37N3O2/c1-8-29(4,5)22-17-21(27(34)23(18-22)30(6,7)9-2)16-20-14-19(3)15-26(28(20)35)33-31-24-12-10-11-13-25(24)32-33/h10-15,17-18,34-35H,8-9,16H2,1-7H3. The average molecular weight is 472 g/mol. The molecule has 0 amide bonds. The Morgan fingerprint density at radius 1 is 0.771 bits per heavy atom. The molecule has 0 aliphatic heterocycles. The quantitative estimate of drug-likeness (QED) is 0.301. The molecule has 1 aromatic heterocycles. The van der Waals surface area contributed by atoms with Crippen molar-refractivity contribution in [2.75, 3.05) is 0 Å². The molecule has 184 valence electrons. The number of hydrogen-bond acceptors (Lipinski definition) is 4. The van der Waals surface area contributed by atoms with Gasteiger partial charge >= 0.3 is 0 Å². The van der Waals surface area contributed by atoms with Crippen LogP contribution in [0.2, 0.25) is 0 Å². The highest BCUT2D eigenvalue weighted by atomic mass is 16.3. The molecule has 0 bridgehead atoms. The SMILES string of the molecule is CCC(C)(C)c1cc(Cc2cc(C)cc(-n3nc4ccccc4n3)c2O)c(O)c(C(C)(C)CC)c1. The molecule has 5 heteroatoms. The van der Waals surface area contributed by atoms with Crippen molar-refractivity contribution in [1.29, 1.82) is 0 Å². The Bertz CT molecular complexity index is 1350. The van der Waals surface area contributed by atoms with E-state index in [1.807, 2.05) is 43.3 Å². The fourth-order valence-corrected chi connectivity index (χ4v) is 4.42. The van der Waals surface area contributed by atoms with Crippen LogP contribution in [0.3, 0.4) is 0 Å². The van der Waals surface area contributed by atoms with E-state index < -0.39 is 0 Å². The van der Waals surface area contributed by atoms with E-state index >= 15 is 0 Å². The number of nitrogens with zero attached hydrogens (tertiary/aromatic N) is 3. The number of phenolic OH excluding ortho intramolecular Hbond substituents is 2. The molecular formula is C30H37N3O2. The van der Waals surface area contributed by atoms with Crippen molar-refractivity contribution in [3.05, 3.63) is 76.3 Å². The van der Waals surface area contributed by atoms with Crippen LogP contribution in [0.1, 0.15) is 82.2 Å². The Labute approximate surface area is 208 Å². The first-order valence-corrected chi connectivity index (χ1v) is 12.5. The zero-order chi connectivity index (χ0) is 25.5. The summed E-state index contributed by atoms with van der Waals surface area (Å²) in [7, 11) is 0. The van der Waals surface area contributed by atoms with E-state index in [1.54, 1.807) is 0 Å². The number of phenols is 2. The highest BCUT2D eigenvalue weighted by Crippen LogP contribution is 2.42. The highest BCUT2D eigenvalue weighted by molar-refractivity contribution is 5.73. The van der Waals surface area contributed by atoms with Crippen molar-refractivity contribution in [2.45, 2.75) is 78.6 Å². The van der Waals surface area contributed by atoms with Gasteiger partial charge < -0.3 is 10.2 Å². The van der Waals surface area contributed by atoms with Gasteiger partial charge in [-0.05, 0) is 65.5 Å². The molecule has 0 radical (unpaired) electrons. The van der Waals surface area contributed by atoms with Gasteiger partial charge in [-0.25, -0.2) is 0 Å². The van der Waals surface area contributed by atoms with Gasteiger partial charge in [-0.15, -0.1) is 15.0 Å². The van der Waals surface area contributed by atoms with Gasteiger partial charge in [0.05, 0.1) is 0 Å². The third-order valence-electron chi connectivity index (χ3n) is 7.66. The first-order chi connectivity index (χ1) is 16.5. The number of hydrogen-bond donors (Lipinski definition) is 2. The molecule has 35 heavy (non-hydrogen) atoms. The van der Waals surface area contributed by atoms with Gasteiger partial charge in [-0.1, -0.05) is 71.9 Å². The Balaban J connectivity index is 1.85. The summed E-state index contributed by atoms with van der Waals surface area (Å²) < 4.78 is 0. The molecule has 5 nitrogen and oxygen atoms in total. The molecule has 3 aromatic carbocycles. The van der Waals surface area contributed by atoms with E-state index in [1.165, 1.54) is 10.4 Å². The zero-order valence-corrected chi connectivity index (χ0v) is 22.0. The molecule has 4 rings (SSSR count). The highest BCUT2D eigenvalue weighted by Gasteiger charge is 2.28. The number of aromatic hydroxyl groups is 2. The lowest BCUT2D eigenvalue weighted by atomic mass is 9.74. The minimum atomic E-state index is -0.169. The maximum absolute atomic E-state index is 11.4. The molecule has 0 spiro atoms. The van der Waals surface area contributed by atoms with E-state index in [9.17, 15) is 10.2 Å². The van der Waals surface area contributed by atoms with Gasteiger partial charge in [0, 0.05) is 17.5 Å². The topological polar surface area (TPSA) is 71.2 Å². The van der Waals surface area contributed by atoms with Crippen molar-refractivity contribution in [1.82, 2.24) is 15.0 Å². The summed E-state index contributed by atoms with van der Waals surface area (Å²) in [5, 5.41) is 31.8. The number of aryl methyl sites for hydroxylation is 1. The summed E-state index contributed by atoms with van der Waals surface area (Å²) in [4.78, 5) is 1.50. The largest absolute Gasteiger partial charge is 0.507 e. The van der Waals surface area contributed by atoms with Crippen LogP contribution >= 0.6 is 0 Å². The van der Waals surface area contributed by atoms with Crippen LogP contribution in [-0.2, 0) is 17.3 Å². The first-order valence-electron chi connectivity index (χ1n) is 12.5. The van der Waals surface area contributed by atoms with Crippen molar-refractivity contribution >= 4 is 11.0 Å².